The Bertz CT molecular complexity index is 1660. The summed E-state index contributed by atoms with van der Waals surface area (Å²) in [7, 11) is 2.92. The molecule has 0 amide bonds. The number of halogens is 1. The summed E-state index contributed by atoms with van der Waals surface area (Å²) in [4.78, 5) is 15.9. The quantitative estimate of drug-likeness (QED) is 0.293. The number of nitrogens with one attached hydrogen (secondary N) is 2. The monoisotopic (exact) mass is 596 g/mol. The number of aromatic nitrogens is 4. The van der Waals surface area contributed by atoms with Gasteiger partial charge in [0.05, 0.1) is 31.2 Å². The Labute approximate surface area is 245 Å². The minimum Gasteiger partial charge on any atom is -0.495 e. The van der Waals surface area contributed by atoms with Gasteiger partial charge in [0, 0.05) is 46.6 Å². The Morgan fingerprint density at radius 2 is 1.78 bits per heavy atom. The predicted molar refractivity (Wildman–Crippen MR) is 160 cm³/mol. The number of hydrogen-bond donors (Lipinski definition) is 2. The van der Waals surface area contributed by atoms with Gasteiger partial charge in [-0.3, -0.25) is 4.90 Å². The number of nitrogens with zero attached hydrogens (tertiary/aromatic N) is 6. The summed E-state index contributed by atoms with van der Waals surface area (Å²) in [5.41, 5.74) is 3.55. The Kier molecular flexibility index (Phi) is 8.45. The highest BCUT2D eigenvalue weighted by molar-refractivity contribution is 7.89. The van der Waals surface area contributed by atoms with Crippen LogP contribution < -0.4 is 15.4 Å². The zero-order valence-electron chi connectivity index (χ0n) is 23.4. The van der Waals surface area contributed by atoms with Crippen LogP contribution in [0.4, 0.5) is 23.1 Å². The van der Waals surface area contributed by atoms with Gasteiger partial charge in [0.1, 0.15) is 21.5 Å². The lowest BCUT2D eigenvalue weighted by Crippen LogP contribution is -2.27. The van der Waals surface area contributed by atoms with Gasteiger partial charge in [-0.15, -0.1) is 0 Å². The topological polar surface area (TPSA) is 118 Å². The van der Waals surface area contributed by atoms with E-state index < -0.39 is 10.0 Å². The van der Waals surface area contributed by atoms with E-state index in [1.807, 2.05) is 19.4 Å². The highest BCUT2D eigenvalue weighted by Gasteiger charge is 2.22. The smallest absolute Gasteiger partial charge is 0.244 e. The van der Waals surface area contributed by atoms with Crippen molar-refractivity contribution in [1.29, 1.82) is 0 Å². The first-order valence-electron chi connectivity index (χ1n) is 13.1. The van der Waals surface area contributed by atoms with Crippen molar-refractivity contribution in [1.82, 2.24) is 28.7 Å². The zero-order chi connectivity index (χ0) is 29.1. The van der Waals surface area contributed by atoms with Gasteiger partial charge in [-0.05, 0) is 48.2 Å². The molecule has 3 heterocycles. The number of aryl methyl sites for hydroxylation is 1. The predicted octanol–water partition coefficient (Wildman–Crippen LogP) is 4.21. The highest BCUT2D eigenvalue weighted by Crippen LogP contribution is 2.34. The third-order valence-electron chi connectivity index (χ3n) is 7.09. The fraction of sp³-hybridized carbons (Fsp3) is 0.321. The molecule has 41 heavy (non-hydrogen) atoms. The second-order valence-electron chi connectivity index (χ2n) is 9.98. The van der Waals surface area contributed by atoms with Crippen LogP contribution in [0.3, 0.4) is 0 Å². The van der Waals surface area contributed by atoms with Crippen LogP contribution in [0.2, 0.25) is 5.02 Å². The molecule has 2 N–H and O–H groups in total. The molecule has 0 spiro atoms. The number of rotatable bonds is 9. The van der Waals surface area contributed by atoms with Crippen LogP contribution in [0.15, 0.2) is 59.9 Å². The molecular formula is C28H33ClN8O3S. The molecule has 2 aromatic carbocycles. The van der Waals surface area contributed by atoms with Gasteiger partial charge in [0.2, 0.25) is 16.0 Å². The Morgan fingerprint density at radius 1 is 1.05 bits per heavy atom. The third kappa shape index (κ3) is 6.30. The molecule has 0 unspecified atom stereocenters. The molecule has 11 nitrogen and oxygen atoms in total. The molecule has 0 bridgehead atoms. The van der Waals surface area contributed by atoms with Gasteiger partial charge in [0.25, 0.3) is 0 Å². The van der Waals surface area contributed by atoms with Gasteiger partial charge in [-0.1, -0.05) is 23.7 Å². The number of imidazole rings is 1. The molecule has 0 saturated carbocycles. The molecular weight excluding hydrogens is 564 g/mol. The lowest BCUT2D eigenvalue weighted by Gasteiger charge is -2.19. The van der Waals surface area contributed by atoms with Crippen LogP contribution in [0.1, 0.15) is 17.0 Å². The molecule has 0 radical (unpaired) electrons. The molecule has 1 aliphatic rings. The van der Waals surface area contributed by atoms with Gasteiger partial charge < -0.3 is 19.9 Å². The van der Waals surface area contributed by atoms with Gasteiger partial charge in [-0.25, -0.2) is 22.7 Å². The van der Waals surface area contributed by atoms with E-state index in [9.17, 15) is 8.42 Å². The maximum absolute atomic E-state index is 12.8. The van der Waals surface area contributed by atoms with E-state index in [2.05, 4.69) is 47.2 Å². The van der Waals surface area contributed by atoms with E-state index in [4.69, 9.17) is 16.3 Å². The third-order valence-corrected chi connectivity index (χ3v) is 9.24. The molecule has 216 valence electrons. The van der Waals surface area contributed by atoms with Crippen molar-refractivity contribution in [2.75, 3.05) is 44.9 Å². The summed E-state index contributed by atoms with van der Waals surface area (Å²) < 4.78 is 34.6. The minimum absolute atomic E-state index is 0.110. The van der Waals surface area contributed by atoms with Crippen LogP contribution in [0.25, 0.3) is 0 Å². The molecule has 0 aliphatic carbocycles. The van der Waals surface area contributed by atoms with Crippen molar-refractivity contribution < 1.29 is 13.2 Å². The summed E-state index contributed by atoms with van der Waals surface area (Å²) in [5.74, 6) is 2.27. The Morgan fingerprint density at radius 3 is 2.46 bits per heavy atom. The van der Waals surface area contributed by atoms with Crippen molar-refractivity contribution in [2.45, 2.75) is 24.3 Å². The fourth-order valence-corrected chi connectivity index (χ4v) is 5.91. The fourth-order valence-electron chi connectivity index (χ4n) is 4.73. The van der Waals surface area contributed by atoms with E-state index in [1.54, 1.807) is 25.3 Å². The summed E-state index contributed by atoms with van der Waals surface area (Å²) in [5, 5.41) is 6.58. The van der Waals surface area contributed by atoms with Gasteiger partial charge in [0.15, 0.2) is 5.82 Å². The number of sulfonamides is 1. The first-order chi connectivity index (χ1) is 19.7. The van der Waals surface area contributed by atoms with Crippen LogP contribution in [0, 0.1) is 0 Å². The van der Waals surface area contributed by atoms with E-state index in [1.165, 1.54) is 37.5 Å². The zero-order valence-corrected chi connectivity index (χ0v) is 25.0. The average molecular weight is 597 g/mol. The average Bonchev–Trinajstić information content (AvgIpc) is 3.25. The van der Waals surface area contributed by atoms with Crippen LogP contribution in [-0.2, 0) is 36.5 Å². The number of methoxy groups -OCH3 is 1. The molecule has 4 aromatic rings. The first kappa shape index (κ1) is 28.8. The summed E-state index contributed by atoms with van der Waals surface area (Å²) in [6, 6.07) is 10.8. The van der Waals surface area contributed by atoms with E-state index in [-0.39, 0.29) is 21.7 Å². The van der Waals surface area contributed by atoms with Crippen molar-refractivity contribution >= 4 is 44.8 Å². The largest absolute Gasteiger partial charge is 0.495 e. The number of para-hydroxylation sites is 1. The van der Waals surface area contributed by atoms with Gasteiger partial charge >= 0.3 is 0 Å². The second-order valence-corrected chi connectivity index (χ2v) is 12.5. The standard InChI is InChI=1S/C28H33ClN8O3S/c1-35(2)41(38,39)25-8-6-5-7-22(25)32-27-21(29)17-31-28(34-27)33-23-15-19-9-12-37(18-26-30-11-14-36(26)3)13-10-20(19)16-24(23)40-4/h5-8,11,14-17H,9-10,12-13,18H2,1-4H3,(H2,31,32,33,34). The number of fused-ring (bicyclic) bond motifs is 1. The van der Waals surface area contributed by atoms with Crippen molar-refractivity contribution in [3.63, 3.8) is 0 Å². The number of anilines is 4. The lowest BCUT2D eigenvalue weighted by molar-refractivity contribution is 0.269. The molecule has 0 atom stereocenters. The van der Waals surface area contributed by atoms with Crippen molar-refractivity contribution in [2.24, 2.45) is 7.05 Å². The molecule has 5 rings (SSSR count). The molecule has 13 heteroatoms. The van der Waals surface area contributed by atoms with Gasteiger partial charge in [-0.2, -0.15) is 4.98 Å². The van der Waals surface area contributed by atoms with Crippen molar-refractivity contribution in [3.8, 4) is 5.75 Å². The first-order valence-corrected chi connectivity index (χ1v) is 14.9. The normalized spacial score (nSPS) is 14.0. The summed E-state index contributed by atoms with van der Waals surface area (Å²) >= 11 is 6.41. The number of hydrogen-bond acceptors (Lipinski definition) is 9. The van der Waals surface area contributed by atoms with Crippen LogP contribution >= 0.6 is 11.6 Å². The Hall–Kier alpha value is -3.71. The minimum atomic E-state index is -3.70. The van der Waals surface area contributed by atoms with E-state index in [0.29, 0.717) is 11.4 Å². The Balaban J connectivity index is 1.37. The van der Waals surface area contributed by atoms with E-state index in [0.717, 1.165) is 48.3 Å². The molecule has 0 saturated heterocycles. The van der Waals surface area contributed by atoms with Crippen LogP contribution in [-0.4, -0.2) is 71.4 Å². The maximum Gasteiger partial charge on any atom is 0.244 e. The maximum atomic E-state index is 12.8. The van der Waals surface area contributed by atoms with E-state index >= 15 is 0 Å². The van der Waals surface area contributed by atoms with Crippen molar-refractivity contribution in [3.05, 3.63) is 77.0 Å². The summed E-state index contributed by atoms with van der Waals surface area (Å²) in [6.45, 7) is 2.63. The second kappa shape index (κ2) is 12.0. The number of ether oxygens (including phenoxy) is 1. The molecule has 0 fully saturated rings. The number of benzene rings is 2. The molecule has 1 aliphatic heterocycles. The van der Waals surface area contributed by atoms with Crippen LogP contribution in [0.5, 0.6) is 5.75 Å². The SMILES string of the molecule is COc1cc2c(cc1Nc1ncc(Cl)c(Nc3ccccc3S(=O)(=O)N(C)C)n1)CCN(Cc1nccn1C)CC2. The highest BCUT2D eigenvalue weighted by atomic mass is 35.5. The lowest BCUT2D eigenvalue weighted by atomic mass is 10.0. The molecule has 2 aromatic heterocycles. The summed E-state index contributed by atoms with van der Waals surface area (Å²) in [6.07, 6.45) is 7.04.